The fourth-order valence-corrected chi connectivity index (χ4v) is 1.31. The molecule has 0 atom stereocenters. The van der Waals surface area contributed by atoms with Crippen LogP contribution >= 0.6 is 0 Å². The van der Waals surface area contributed by atoms with Gasteiger partial charge in [-0.1, -0.05) is 0 Å². The van der Waals surface area contributed by atoms with Crippen molar-refractivity contribution in [3.05, 3.63) is 29.3 Å². The molecule has 0 aliphatic rings. The van der Waals surface area contributed by atoms with Gasteiger partial charge in [-0.3, -0.25) is 10.1 Å². The van der Waals surface area contributed by atoms with Gasteiger partial charge in [-0.2, -0.15) is 0 Å². The van der Waals surface area contributed by atoms with E-state index >= 15 is 0 Å². The highest BCUT2D eigenvalue weighted by atomic mass is 16.5. The molecule has 1 aromatic rings. The summed E-state index contributed by atoms with van der Waals surface area (Å²) >= 11 is 0. The maximum Gasteiger partial charge on any atom is 0.411 e. The molecule has 0 saturated heterocycles. The van der Waals surface area contributed by atoms with Crippen LogP contribution in [0.15, 0.2) is 18.2 Å². The average Bonchev–Trinajstić information content (AvgIpc) is 2.17. The summed E-state index contributed by atoms with van der Waals surface area (Å²) in [7, 11) is 1.30. The van der Waals surface area contributed by atoms with Crippen LogP contribution in [0.4, 0.5) is 10.5 Å². The number of Topliss-reactive ketones (excluding diaryl/α,β-unsaturated/α-hetero) is 1. The molecule has 0 aliphatic heterocycles. The van der Waals surface area contributed by atoms with E-state index in [9.17, 15) is 9.59 Å². The number of amides is 1. The van der Waals surface area contributed by atoms with Gasteiger partial charge >= 0.3 is 6.09 Å². The lowest BCUT2D eigenvalue weighted by Gasteiger charge is -2.06. The zero-order valence-corrected chi connectivity index (χ0v) is 8.96. The molecule has 1 aromatic carbocycles. The Morgan fingerprint density at radius 3 is 2.47 bits per heavy atom. The molecule has 0 aromatic heterocycles. The van der Waals surface area contributed by atoms with E-state index in [0.29, 0.717) is 11.3 Å². The summed E-state index contributed by atoms with van der Waals surface area (Å²) in [6.07, 6.45) is -0.523. The van der Waals surface area contributed by atoms with Crippen molar-refractivity contribution in [1.82, 2.24) is 0 Å². The number of hydrogen-bond donors (Lipinski definition) is 1. The SMILES string of the molecule is COC(=O)Nc1ccc(C(C)=O)c(C)c1. The normalized spacial score (nSPS) is 9.53. The molecule has 4 heteroatoms. The molecule has 0 unspecified atom stereocenters. The number of carbonyl (C=O) groups is 2. The Hall–Kier alpha value is -1.84. The molecule has 0 heterocycles. The molecular weight excluding hydrogens is 194 g/mol. The van der Waals surface area contributed by atoms with Gasteiger partial charge in [0.1, 0.15) is 0 Å². The summed E-state index contributed by atoms with van der Waals surface area (Å²) in [5, 5.41) is 2.53. The van der Waals surface area contributed by atoms with Gasteiger partial charge in [0, 0.05) is 11.3 Å². The Morgan fingerprint density at radius 1 is 1.33 bits per heavy atom. The first kappa shape index (κ1) is 11.2. The summed E-state index contributed by atoms with van der Waals surface area (Å²) in [4.78, 5) is 22.1. The van der Waals surface area contributed by atoms with Gasteiger partial charge in [0.2, 0.25) is 0 Å². The molecule has 1 N–H and O–H groups in total. The summed E-state index contributed by atoms with van der Waals surface area (Å²) in [5.41, 5.74) is 2.10. The van der Waals surface area contributed by atoms with Gasteiger partial charge in [0.05, 0.1) is 7.11 Å². The van der Waals surface area contributed by atoms with Crippen molar-refractivity contribution in [2.45, 2.75) is 13.8 Å². The van der Waals surface area contributed by atoms with Crippen molar-refractivity contribution in [3.63, 3.8) is 0 Å². The number of nitrogens with one attached hydrogen (secondary N) is 1. The van der Waals surface area contributed by atoms with E-state index in [4.69, 9.17) is 0 Å². The van der Waals surface area contributed by atoms with Crippen LogP contribution in [0.25, 0.3) is 0 Å². The smallest absolute Gasteiger partial charge is 0.411 e. The van der Waals surface area contributed by atoms with Crippen molar-refractivity contribution in [2.24, 2.45) is 0 Å². The van der Waals surface area contributed by atoms with Crippen LogP contribution < -0.4 is 5.32 Å². The average molecular weight is 207 g/mol. The molecular formula is C11H13NO3. The molecule has 1 amide bonds. The molecule has 15 heavy (non-hydrogen) atoms. The minimum absolute atomic E-state index is 0.0112. The van der Waals surface area contributed by atoms with Crippen molar-refractivity contribution in [2.75, 3.05) is 12.4 Å². The summed E-state index contributed by atoms with van der Waals surface area (Å²) in [6.45, 7) is 3.33. The lowest BCUT2D eigenvalue weighted by atomic mass is 10.1. The number of aryl methyl sites for hydroxylation is 1. The number of ketones is 1. The van der Waals surface area contributed by atoms with E-state index in [1.54, 1.807) is 18.2 Å². The van der Waals surface area contributed by atoms with E-state index in [-0.39, 0.29) is 5.78 Å². The highest BCUT2D eigenvalue weighted by molar-refractivity contribution is 5.96. The molecule has 1 rings (SSSR count). The highest BCUT2D eigenvalue weighted by Crippen LogP contribution is 2.15. The van der Waals surface area contributed by atoms with Gasteiger partial charge in [0.25, 0.3) is 0 Å². The maximum absolute atomic E-state index is 11.1. The minimum Gasteiger partial charge on any atom is -0.453 e. The van der Waals surface area contributed by atoms with Crippen LogP contribution in [-0.2, 0) is 4.74 Å². The Kier molecular flexibility index (Phi) is 3.44. The molecule has 0 fully saturated rings. The summed E-state index contributed by atoms with van der Waals surface area (Å²) in [5.74, 6) is 0.0112. The number of methoxy groups -OCH3 is 1. The standard InChI is InChI=1S/C11H13NO3/c1-7-6-9(12-11(14)15-3)4-5-10(7)8(2)13/h4-6H,1-3H3,(H,12,14). The minimum atomic E-state index is -0.523. The van der Waals surface area contributed by atoms with E-state index in [1.165, 1.54) is 14.0 Å². The van der Waals surface area contributed by atoms with Gasteiger partial charge in [-0.05, 0) is 37.6 Å². The van der Waals surface area contributed by atoms with Crippen LogP contribution in [0.5, 0.6) is 0 Å². The Bertz CT molecular complexity index is 399. The van der Waals surface area contributed by atoms with Gasteiger partial charge in [0.15, 0.2) is 5.78 Å². The molecule has 4 nitrogen and oxygen atoms in total. The fourth-order valence-electron chi connectivity index (χ4n) is 1.31. The second-order valence-corrected chi connectivity index (χ2v) is 3.20. The van der Waals surface area contributed by atoms with Crippen molar-refractivity contribution in [1.29, 1.82) is 0 Å². The highest BCUT2D eigenvalue weighted by Gasteiger charge is 2.06. The molecule has 0 radical (unpaired) electrons. The Labute approximate surface area is 88.2 Å². The van der Waals surface area contributed by atoms with Gasteiger partial charge in [-0.25, -0.2) is 4.79 Å². The first-order chi connectivity index (χ1) is 7.04. The Balaban J connectivity index is 2.91. The Morgan fingerprint density at radius 2 is 2.00 bits per heavy atom. The van der Waals surface area contributed by atoms with Crippen molar-refractivity contribution < 1.29 is 14.3 Å². The lowest BCUT2D eigenvalue weighted by Crippen LogP contribution is -2.11. The van der Waals surface area contributed by atoms with Crippen molar-refractivity contribution in [3.8, 4) is 0 Å². The van der Waals surface area contributed by atoms with Crippen LogP contribution in [0.3, 0.4) is 0 Å². The van der Waals surface area contributed by atoms with E-state index in [2.05, 4.69) is 10.1 Å². The third kappa shape index (κ3) is 2.80. The van der Waals surface area contributed by atoms with Crippen molar-refractivity contribution >= 4 is 17.6 Å². The number of hydrogen-bond acceptors (Lipinski definition) is 3. The summed E-state index contributed by atoms with van der Waals surface area (Å²) in [6, 6.07) is 5.08. The quantitative estimate of drug-likeness (QED) is 0.757. The lowest BCUT2D eigenvalue weighted by molar-refractivity contribution is 0.101. The van der Waals surface area contributed by atoms with E-state index in [0.717, 1.165) is 5.56 Å². The zero-order chi connectivity index (χ0) is 11.4. The van der Waals surface area contributed by atoms with Gasteiger partial charge < -0.3 is 4.74 Å². The number of rotatable bonds is 2. The number of ether oxygens (including phenoxy) is 1. The molecule has 0 aliphatic carbocycles. The topological polar surface area (TPSA) is 55.4 Å². The largest absolute Gasteiger partial charge is 0.453 e. The fraction of sp³-hybridized carbons (Fsp3) is 0.273. The number of anilines is 1. The van der Waals surface area contributed by atoms with Crippen LogP contribution in [0.1, 0.15) is 22.8 Å². The molecule has 0 spiro atoms. The van der Waals surface area contributed by atoms with Crippen LogP contribution in [-0.4, -0.2) is 19.0 Å². The second kappa shape index (κ2) is 4.59. The van der Waals surface area contributed by atoms with Crippen LogP contribution in [0, 0.1) is 6.92 Å². The molecule has 0 bridgehead atoms. The first-order valence-corrected chi connectivity index (χ1v) is 4.51. The molecule has 0 saturated carbocycles. The van der Waals surface area contributed by atoms with Gasteiger partial charge in [-0.15, -0.1) is 0 Å². The number of benzene rings is 1. The second-order valence-electron chi connectivity index (χ2n) is 3.20. The van der Waals surface area contributed by atoms with Crippen LogP contribution in [0.2, 0.25) is 0 Å². The predicted octanol–water partition coefficient (Wildman–Crippen LogP) is 2.38. The third-order valence-corrected chi connectivity index (χ3v) is 2.04. The predicted molar refractivity (Wildman–Crippen MR) is 57.2 cm³/mol. The van der Waals surface area contributed by atoms with E-state index < -0.39 is 6.09 Å². The first-order valence-electron chi connectivity index (χ1n) is 4.51. The third-order valence-electron chi connectivity index (χ3n) is 2.04. The monoisotopic (exact) mass is 207 g/mol. The number of carbonyl (C=O) groups excluding carboxylic acids is 2. The summed E-state index contributed by atoms with van der Waals surface area (Å²) < 4.78 is 4.45. The zero-order valence-electron chi connectivity index (χ0n) is 8.96. The molecule has 80 valence electrons. The van der Waals surface area contributed by atoms with E-state index in [1.807, 2.05) is 6.92 Å². The maximum atomic E-state index is 11.1.